The van der Waals surface area contributed by atoms with Gasteiger partial charge in [-0.05, 0) is 129 Å². The molecule has 11 rings (SSSR count). The fraction of sp³-hybridized carbons (Fsp3) is 0.525. The number of carbonyl (C=O) groups is 1. The standard InChI is InChI=1S/C40H43NO6/c42-36(43)38-17-29-13-30(18-38)22-40(21-29,25-38)39-19-27-12-28(20-39)16-37(15-27,24-39)32-8-4-5-9-34(32)47-31-10-11-33(41(44)45)35(14-31)46-23-26-6-2-1-3-7-26/h1-11,14,27-30H,12-13,15-25H2,(H,42,43). The zero-order valence-electron chi connectivity index (χ0n) is 26.9. The number of hydrogen-bond donors (Lipinski definition) is 1. The fourth-order valence-electron chi connectivity index (χ4n) is 13.0. The molecule has 0 aliphatic heterocycles. The van der Waals surface area contributed by atoms with Crippen LogP contribution in [0.5, 0.6) is 17.2 Å². The number of nitrogens with zero attached hydrogens (tertiary/aromatic N) is 1. The molecule has 7 heteroatoms. The molecule has 1 N–H and O–H groups in total. The van der Waals surface area contributed by atoms with E-state index in [0.29, 0.717) is 29.4 Å². The van der Waals surface area contributed by atoms with Crippen LogP contribution in [-0.4, -0.2) is 16.0 Å². The molecule has 8 fully saturated rings. The van der Waals surface area contributed by atoms with Crippen LogP contribution >= 0.6 is 0 Å². The van der Waals surface area contributed by atoms with E-state index in [-0.39, 0.29) is 34.3 Å². The molecule has 8 aliphatic carbocycles. The normalized spacial score (nSPS) is 37.5. The summed E-state index contributed by atoms with van der Waals surface area (Å²) in [7, 11) is 0. The van der Waals surface area contributed by atoms with Gasteiger partial charge in [0, 0.05) is 23.1 Å². The predicted molar refractivity (Wildman–Crippen MR) is 176 cm³/mol. The van der Waals surface area contributed by atoms with E-state index in [9.17, 15) is 20.0 Å². The van der Waals surface area contributed by atoms with Gasteiger partial charge in [0.05, 0.1) is 10.3 Å². The molecule has 244 valence electrons. The summed E-state index contributed by atoms with van der Waals surface area (Å²) in [6.45, 7) is 0.225. The van der Waals surface area contributed by atoms with Gasteiger partial charge < -0.3 is 14.6 Å². The first kappa shape index (κ1) is 29.3. The lowest BCUT2D eigenvalue weighted by atomic mass is 9.31. The molecule has 8 aliphatic rings. The first-order valence-corrected chi connectivity index (χ1v) is 17.6. The van der Waals surface area contributed by atoms with Crippen LogP contribution in [0.2, 0.25) is 0 Å². The highest BCUT2D eigenvalue weighted by atomic mass is 16.6. The van der Waals surface area contributed by atoms with Crippen molar-refractivity contribution in [2.24, 2.45) is 39.9 Å². The van der Waals surface area contributed by atoms with Crippen molar-refractivity contribution in [3.8, 4) is 17.2 Å². The number of nitro groups is 1. The molecule has 3 aromatic carbocycles. The number of ether oxygens (including phenoxy) is 2. The second kappa shape index (κ2) is 10.3. The maximum atomic E-state index is 12.9. The largest absolute Gasteiger partial charge is 0.482 e. The molecule has 4 unspecified atom stereocenters. The molecule has 0 radical (unpaired) electrons. The Morgan fingerprint density at radius 3 is 2.04 bits per heavy atom. The lowest BCUT2D eigenvalue weighted by Crippen LogP contribution is -2.66. The number of aliphatic carboxylic acids is 1. The molecule has 7 nitrogen and oxygen atoms in total. The van der Waals surface area contributed by atoms with Gasteiger partial charge in [0.1, 0.15) is 18.1 Å². The Morgan fingerprint density at radius 1 is 0.766 bits per heavy atom. The molecular weight excluding hydrogens is 590 g/mol. The van der Waals surface area contributed by atoms with Gasteiger partial charge in [0.25, 0.3) is 0 Å². The third-order valence-electron chi connectivity index (χ3n) is 13.8. The van der Waals surface area contributed by atoms with E-state index >= 15 is 0 Å². The Hall–Kier alpha value is -3.87. The van der Waals surface area contributed by atoms with Gasteiger partial charge in [0.2, 0.25) is 5.75 Å². The number of hydrogen-bond acceptors (Lipinski definition) is 5. The Kier molecular flexibility index (Phi) is 6.43. The van der Waals surface area contributed by atoms with Gasteiger partial charge in [-0.25, -0.2) is 0 Å². The number of benzene rings is 3. The van der Waals surface area contributed by atoms with Gasteiger partial charge in [-0.1, -0.05) is 48.5 Å². The molecule has 8 bridgehead atoms. The monoisotopic (exact) mass is 633 g/mol. The van der Waals surface area contributed by atoms with Crippen molar-refractivity contribution in [3.05, 3.63) is 94.0 Å². The maximum absolute atomic E-state index is 12.9. The summed E-state index contributed by atoms with van der Waals surface area (Å²) in [4.78, 5) is 24.3. The van der Waals surface area contributed by atoms with Crippen molar-refractivity contribution in [2.45, 2.75) is 89.1 Å². The molecule has 0 aromatic heterocycles. The second-order valence-corrected chi connectivity index (χ2v) is 16.6. The number of rotatable bonds is 9. The quantitative estimate of drug-likeness (QED) is 0.186. The average Bonchev–Trinajstić information content (AvgIpc) is 3.03. The Balaban J connectivity index is 1.05. The summed E-state index contributed by atoms with van der Waals surface area (Å²) in [5.41, 5.74) is 1.90. The van der Waals surface area contributed by atoms with Gasteiger partial charge in [-0.2, -0.15) is 0 Å². The van der Waals surface area contributed by atoms with Crippen LogP contribution in [0.3, 0.4) is 0 Å². The summed E-state index contributed by atoms with van der Waals surface area (Å²) in [5, 5.41) is 22.5. The van der Waals surface area contributed by atoms with Gasteiger partial charge in [-0.15, -0.1) is 0 Å². The highest BCUT2D eigenvalue weighted by Gasteiger charge is 2.71. The van der Waals surface area contributed by atoms with Gasteiger partial charge >= 0.3 is 11.7 Å². The van der Waals surface area contributed by atoms with Crippen LogP contribution in [-0.2, 0) is 16.8 Å². The molecule has 0 amide bonds. The third kappa shape index (κ3) is 4.55. The van der Waals surface area contributed by atoms with Crippen LogP contribution in [0.15, 0.2) is 72.8 Å². The number of para-hydroxylation sites is 1. The molecule has 47 heavy (non-hydrogen) atoms. The SMILES string of the molecule is O=C(O)C12CC3CC(C1)CC(C14CC5CC(CC(c6ccccc6Oc6ccc([N+](=O)[O-])c(OCc7ccccc7)c6)(C5)C1)C4)(C3)C2. The predicted octanol–water partition coefficient (Wildman–Crippen LogP) is 9.48. The first-order valence-electron chi connectivity index (χ1n) is 17.6. The van der Waals surface area contributed by atoms with Crippen molar-refractivity contribution < 1.29 is 24.3 Å². The molecule has 3 aromatic rings. The van der Waals surface area contributed by atoms with Gasteiger partial charge in [-0.3, -0.25) is 14.9 Å². The summed E-state index contributed by atoms with van der Waals surface area (Å²) in [5.74, 6) is 3.45. The number of carboxylic acid groups (broad SMARTS) is 1. The van der Waals surface area contributed by atoms with E-state index in [1.807, 2.05) is 36.4 Å². The Bertz CT molecular complexity index is 1720. The summed E-state index contributed by atoms with van der Waals surface area (Å²) in [6, 6.07) is 22.9. The summed E-state index contributed by atoms with van der Waals surface area (Å²) >= 11 is 0. The number of nitro benzene ring substituents is 1. The lowest BCUT2D eigenvalue weighted by molar-refractivity contribution is -0.386. The lowest BCUT2D eigenvalue weighted by Gasteiger charge is -2.73. The molecule has 8 saturated carbocycles. The van der Waals surface area contributed by atoms with Crippen molar-refractivity contribution >= 4 is 11.7 Å². The van der Waals surface area contributed by atoms with E-state index in [1.54, 1.807) is 12.1 Å². The van der Waals surface area contributed by atoms with Crippen molar-refractivity contribution in [3.63, 3.8) is 0 Å². The Labute approximate surface area is 275 Å². The van der Waals surface area contributed by atoms with E-state index in [1.165, 1.54) is 50.2 Å². The average molecular weight is 634 g/mol. The van der Waals surface area contributed by atoms with Gasteiger partial charge in [0.15, 0.2) is 0 Å². The highest BCUT2D eigenvalue weighted by molar-refractivity contribution is 5.75. The highest BCUT2D eigenvalue weighted by Crippen LogP contribution is 2.79. The van der Waals surface area contributed by atoms with Crippen LogP contribution < -0.4 is 9.47 Å². The summed E-state index contributed by atoms with van der Waals surface area (Å²) < 4.78 is 12.7. The zero-order valence-corrected chi connectivity index (χ0v) is 26.9. The summed E-state index contributed by atoms with van der Waals surface area (Å²) in [6.07, 6.45) is 13.6. The third-order valence-corrected chi connectivity index (χ3v) is 13.8. The molecule has 0 saturated heterocycles. The van der Waals surface area contributed by atoms with E-state index < -0.39 is 16.3 Å². The Morgan fingerprint density at radius 2 is 1.38 bits per heavy atom. The van der Waals surface area contributed by atoms with Crippen molar-refractivity contribution in [1.82, 2.24) is 0 Å². The topological polar surface area (TPSA) is 98.9 Å². The smallest absolute Gasteiger partial charge is 0.311 e. The molecule has 0 heterocycles. The van der Waals surface area contributed by atoms with Crippen LogP contribution in [0.4, 0.5) is 5.69 Å². The first-order chi connectivity index (χ1) is 22.7. The molecule has 4 atom stereocenters. The van der Waals surface area contributed by atoms with E-state index in [0.717, 1.165) is 49.8 Å². The fourth-order valence-corrected chi connectivity index (χ4v) is 13.0. The molecular formula is C40H43NO6. The maximum Gasteiger partial charge on any atom is 0.311 e. The zero-order chi connectivity index (χ0) is 32.0. The second-order valence-electron chi connectivity index (χ2n) is 16.6. The van der Waals surface area contributed by atoms with Crippen LogP contribution in [0.25, 0.3) is 0 Å². The number of carboxylic acids is 1. The van der Waals surface area contributed by atoms with Crippen LogP contribution in [0.1, 0.15) is 88.2 Å². The minimum atomic E-state index is -0.538. The van der Waals surface area contributed by atoms with E-state index in [2.05, 4.69) is 18.2 Å². The van der Waals surface area contributed by atoms with Crippen LogP contribution in [0, 0.1) is 50.0 Å². The minimum absolute atomic E-state index is 0.00614. The van der Waals surface area contributed by atoms with E-state index in [4.69, 9.17) is 9.47 Å². The molecule has 0 spiro atoms. The minimum Gasteiger partial charge on any atom is -0.482 e. The van der Waals surface area contributed by atoms with Crippen molar-refractivity contribution in [2.75, 3.05) is 0 Å². The van der Waals surface area contributed by atoms with Crippen molar-refractivity contribution in [1.29, 1.82) is 0 Å².